The first-order valence-corrected chi connectivity index (χ1v) is 9.38. The standard InChI is InChI=1S/C21H19ClFN3O3/c1-2-16(12-27)24-20(28)18-11-19(13-6-8-14(22)9-7-13)25-26(21(18)29)17-5-3-4-15(23)10-17/h3-11,16,27H,2,12H2,1H3,(H,24,28)/t16-/m0/s1. The normalized spacial score (nSPS) is 11.9. The van der Waals surface area contributed by atoms with Crippen LogP contribution in [0.15, 0.2) is 59.4 Å². The van der Waals surface area contributed by atoms with Gasteiger partial charge in [0.1, 0.15) is 11.4 Å². The van der Waals surface area contributed by atoms with Gasteiger partial charge in [0.2, 0.25) is 0 Å². The van der Waals surface area contributed by atoms with E-state index in [1.807, 2.05) is 0 Å². The SMILES string of the molecule is CC[C@@H](CO)NC(=O)c1cc(-c2ccc(Cl)cc2)nn(-c2cccc(F)c2)c1=O. The topological polar surface area (TPSA) is 84.2 Å². The van der Waals surface area contributed by atoms with Gasteiger partial charge in [0.15, 0.2) is 0 Å². The highest BCUT2D eigenvalue weighted by Gasteiger charge is 2.19. The zero-order valence-electron chi connectivity index (χ0n) is 15.6. The highest BCUT2D eigenvalue weighted by molar-refractivity contribution is 6.30. The minimum Gasteiger partial charge on any atom is -0.394 e. The number of rotatable bonds is 6. The molecule has 0 spiro atoms. The van der Waals surface area contributed by atoms with Crippen molar-refractivity contribution < 1.29 is 14.3 Å². The van der Waals surface area contributed by atoms with Crippen molar-refractivity contribution in [1.29, 1.82) is 0 Å². The molecule has 0 aliphatic heterocycles. The Kier molecular flexibility index (Phi) is 6.41. The van der Waals surface area contributed by atoms with Crippen LogP contribution in [-0.2, 0) is 0 Å². The minimum atomic E-state index is -0.696. The summed E-state index contributed by atoms with van der Waals surface area (Å²) in [7, 11) is 0. The molecule has 2 N–H and O–H groups in total. The molecule has 29 heavy (non-hydrogen) atoms. The molecule has 1 heterocycles. The molecule has 150 valence electrons. The van der Waals surface area contributed by atoms with Crippen LogP contribution in [0.3, 0.4) is 0 Å². The average molecular weight is 416 g/mol. The van der Waals surface area contributed by atoms with Gasteiger partial charge in [-0.3, -0.25) is 9.59 Å². The molecule has 1 atom stereocenters. The van der Waals surface area contributed by atoms with Crippen molar-refractivity contribution in [3.05, 3.63) is 81.4 Å². The van der Waals surface area contributed by atoms with Gasteiger partial charge in [-0.15, -0.1) is 0 Å². The summed E-state index contributed by atoms with van der Waals surface area (Å²) in [6.07, 6.45) is 0.495. The molecule has 1 aromatic heterocycles. The molecule has 0 radical (unpaired) electrons. The van der Waals surface area contributed by atoms with Crippen LogP contribution in [0.5, 0.6) is 0 Å². The van der Waals surface area contributed by atoms with Gasteiger partial charge in [0.05, 0.1) is 24.0 Å². The lowest BCUT2D eigenvalue weighted by Gasteiger charge is -2.15. The van der Waals surface area contributed by atoms with Crippen LogP contribution in [0.25, 0.3) is 16.9 Å². The summed E-state index contributed by atoms with van der Waals surface area (Å²) in [6, 6.07) is 13.0. The van der Waals surface area contributed by atoms with Crippen LogP contribution in [0.1, 0.15) is 23.7 Å². The summed E-state index contributed by atoms with van der Waals surface area (Å²) in [5.74, 6) is -1.18. The summed E-state index contributed by atoms with van der Waals surface area (Å²) < 4.78 is 14.7. The van der Waals surface area contributed by atoms with Crippen LogP contribution >= 0.6 is 11.6 Å². The van der Waals surface area contributed by atoms with E-state index in [9.17, 15) is 19.1 Å². The molecule has 3 rings (SSSR count). The van der Waals surface area contributed by atoms with E-state index in [1.54, 1.807) is 31.2 Å². The molecule has 1 amide bonds. The number of carbonyl (C=O) groups is 1. The number of amides is 1. The number of benzene rings is 2. The fourth-order valence-electron chi connectivity index (χ4n) is 2.74. The van der Waals surface area contributed by atoms with Crippen molar-refractivity contribution in [2.45, 2.75) is 19.4 Å². The number of hydrogen-bond donors (Lipinski definition) is 2. The zero-order valence-corrected chi connectivity index (χ0v) is 16.4. The molecule has 0 saturated carbocycles. The van der Waals surface area contributed by atoms with Gasteiger partial charge in [-0.05, 0) is 42.8 Å². The molecule has 0 bridgehead atoms. The lowest BCUT2D eigenvalue weighted by atomic mass is 10.1. The second-order valence-corrected chi connectivity index (χ2v) is 6.84. The first-order valence-electron chi connectivity index (χ1n) is 9.01. The Morgan fingerprint density at radius 3 is 2.59 bits per heavy atom. The number of carbonyl (C=O) groups excluding carboxylic acids is 1. The van der Waals surface area contributed by atoms with E-state index in [0.29, 0.717) is 22.7 Å². The van der Waals surface area contributed by atoms with Gasteiger partial charge < -0.3 is 10.4 Å². The van der Waals surface area contributed by atoms with E-state index < -0.39 is 23.3 Å². The Labute approximate surface area is 171 Å². The molecule has 0 saturated heterocycles. The fourth-order valence-corrected chi connectivity index (χ4v) is 2.87. The summed E-state index contributed by atoms with van der Waals surface area (Å²) in [6.45, 7) is 1.55. The lowest BCUT2D eigenvalue weighted by Crippen LogP contribution is -2.40. The van der Waals surface area contributed by atoms with E-state index >= 15 is 0 Å². The van der Waals surface area contributed by atoms with E-state index in [-0.39, 0.29) is 17.9 Å². The smallest absolute Gasteiger partial charge is 0.284 e. The summed E-state index contributed by atoms with van der Waals surface area (Å²) in [5, 5.41) is 16.8. The molecule has 3 aromatic rings. The molecule has 0 fully saturated rings. The first kappa shape index (κ1) is 20.7. The fraction of sp³-hybridized carbons (Fsp3) is 0.190. The largest absolute Gasteiger partial charge is 0.394 e. The van der Waals surface area contributed by atoms with Crippen molar-refractivity contribution in [3.63, 3.8) is 0 Å². The molecule has 6 nitrogen and oxygen atoms in total. The highest BCUT2D eigenvalue weighted by Crippen LogP contribution is 2.20. The Morgan fingerprint density at radius 2 is 1.97 bits per heavy atom. The Bertz CT molecular complexity index is 1080. The van der Waals surface area contributed by atoms with E-state index in [2.05, 4.69) is 10.4 Å². The van der Waals surface area contributed by atoms with E-state index in [1.165, 1.54) is 24.3 Å². The molecular weight excluding hydrogens is 397 g/mol. The molecule has 0 aliphatic rings. The predicted molar refractivity (Wildman–Crippen MR) is 109 cm³/mol. The molecule has 0 aliphatic carbocycles. The molecule has 2 aromatic carbocycles. The second kappa shape index (κ2) is 8.98. The number of aliphatic hydroxyl groups excluding tert-OH is 1. The van der Waals surface area contributed by atoms with Gasteiger partial charge in [0, 0.05) is 10.6 Å². The predicted octanol–water partition coefficient (Wildman–Crippen LogP) is 3.19. The second-order valence-electron chi connectivity index (χ2n) is 6.41. The number of hydrogen-bond acceptors (Lipinski definition) is 4. The maximum absolute atomic E-state index is 13.7. The number of nitrogens with zero attached hydrogens (tertiary/aromatic N) is 2. The molecular formula is C21H19ClFN3O3. The molecule has 8 heteroatoms. The summed E-state index contributed by atoms with van der Waals surface area (Å²) in [5.41, 5.74) is 0.296. The van der Waals surface area contributed by atoms with Crippen molar-refractivity contribution in [2.75, 3.05) is 6.61 Å². The van der Waals surface area contributed by atoms with Crippen LogP contribution < -0.4 is 10.9 Å². The highest BCUT2D eigenvalue weighted by atomic mass is 35.5. The van der Waals surface area contributed by atoms with Crippen molar-refractivity contribution in [1.82, 2.24) is 15.1 Å². The van der Waals surface area contributed by atoms with Crippen LogP contribution in [0, 0.1) is 5.82 Å². The number of aromatic nitrogens is 2. The van der Waals surface area contributed by atoms with Gasteiger partial charge in [0.25, 0.3) is 11.5 Å². The zero-order chi connectivity index (χ0) is 21.0. The van der Waals surface area contributed by atoms with Crippen LogP contribution in [0.4, 0.5) is 4.39 Å². The lowest BCUT2D eigenvalue weighted by molar-refractivity contribution is 0.0913. The molecule has 0 unspecified atom stereocenters. The number of aliphatic hydroxyl groups is 1. The van der Waals surface area contributed by atoms with Crippen molar-refractivity contribution in [2.24, 2.45) is 0 Å². The van der Waals surface area contributed by atoms with Crippen molar-refractivity contribution >= 4 is 17.5 Å². The van der Waals surface area contributed by atoms with E-state index in [4.69, 9.17) is 11.6 Å². The van der Waals surface area contributed by atoms with Crippen LogP contribution in [0.2, 0.25) is 5.02 Å². The van der Waals surface area contributed by atoms with E-state index in [0.717, 1.165) is 10.7 Å². The number of halogens is 2. The summed E-state index contributed by atoms with van der Waals surface area (Å²) >= 11 is 5.93. The Balaban J connectivity index is 2.17. The van der Waals surface area contributed by atoms with Gasteiger partial charge >= 0.3 is 0 Å². The monoisotopic (exact) mass is 415 g/mol. The third kappa shape index (κ3) is 4.70. The Hall–Kier alpha value is -3.03. The minimum absolute atomic E-state index is 0.166. The van der Waals surface area contributed by atoms with Gasteiger partial charge in [-0.2, -0.15) is 9.78 Å². The van der Waals surface area contributed by atoms with Crippen molar-refractivity contribution in [3.8, 4) is 16.9 Å². The summed E-state index contributed by atoms with van der Waals surface area (Å²) in [4.78, 5) is 25.7. The van der Waals surface area contributed by atoms with Gasteiger partial charge in [-0.25, -0.2) is 4.39 Å². The quantitative estimate of drug-likeness (QED) is 0.647. The first-order chi connectivity index (χ1) is 13.9. The number of nitrogens with one attached hydrogen (secondary N) is 1. The third-order valence-electron chi connectivity index (χ3n) is 4.40. The Morgan fingerprint density at radius 1 is 1.24 bits per heavy atom. The van der Waals surface area contributed by atoms with Crippen LogP contribution in [-0.4, -0.2) is 33.4 Å². The average Bonchev–Trinajstić information content (AvgIpc) is 2.72. The van der Waals surface area contributed by atoms with Gasteiger partial charge in [-0.1, -0.05) is 36.7 Å². The maximum atomic E-state index is 13.7. The maximum Gasteiger partial charge on any atom is 0.284 e. The third-order valence-corrected chi connectivity index (χ3v) is 4.65.